The summed E-state index contributed by atoms with van der Waals surface area (Å²) in [6.07, 6.45) is -11.3. The van der Waals surface area contributed by atoms with Gasteiger partial charge in [-0.2, -0.15) is 26.3 Å². The molecule has 0 aromatic heterocycles. The van der Waals surface area contributed by atoms with Crippen molar-refractivity contribution in [3.63, 3.8) is 0 Å². The van der Waals surface area contributed by atoms with Gasteiger partial charge < -0.3 is 9.64 Å². The average Bonchev–Trinajstić information content (AvgIpc) is 3.07. The summed E-state index contributed by atoms with van der Waals surface area (Å²) in [6.45, 7) is -0.0403. The van der Waals surface area contributed by atoms with Gasteiger partial charge in [0.2, 0.25) is 0 Å². The summed E-state index contributed by atoms with van der Waals surface area (Å²) in [7, 11) is -3.86. The van der Waals surface area contributed by atoms with Crippen LogP contribution >= 0.6 is 0 Å². The lowest BCUT2D eigenvalue weighted by molar-refractivity contribution is -0.189. The summed E-state index contributed by atoms with van der Waals surface area (Å²) in [5, 5.41) is 0. The van der Waals surface area contributed by atoms with Crippen molar-refractivity contribution in [2.75, 3.05) is 6.26 Å². The number of hydrogen-bond donors (Lipinski definition) is 0. The quantitative estimate of drug-likeness (QED) is 0.571. The Morgan fingerprint density at radius 2 is 1.61 bits per heavy atom. The number of alkyl halides is 6. The number of sulfone groups is 1. The molecule has 0 saturated heterocycles. The maximum Gasteiger partial charge on any atom is 0.425 e. The molecule has 1 amide bonds. The first-order valence-corrected chi connectivity index (χ1v) is 11.1. The standard InChI is InChI=1S/C20H16F7NO4S/c1-10(19(22,23)24)32-17-4-3-13(33(2,30)31)7-14(17)18(29)28-8-11-5-15(20(25,26)27)16(21)6-12(11)9-28/h3-7,10H,8-9H2,1-2H3. The second kappa shape index (κ2) is 8.19. The Kier molecular flexibility index (Phi) is 6.15. The van der Waals surface area contributed by atoms with E-state index in [0.717, 1.165) is 29.4 Å². The third kappa shape index (κ3) is 5.23. The van der Waals surface area contributed by atoms with E-state index >= 15 is 0 Å². The van der Waals surface area contributed by atoms with Crippen LogP contribution in [0, 0.1) is 5.82 Å². The molecular weight excluding hydrogens is 483 g/mol. The molecule has 1 aliphatic heterocycles. The zero-order valence-corrected chi connectivity index (χ0v) is 17.8. The molecule has 0 saturated carbocycles. The molecule has 0 N–H and O–H groups in total. The molecule has 33 heavy (non-hydrogen) atoms. The second-order valence-electron chi connectivity index (χ2n) is 7.49. The fourth-order valence-corrected chi connectivity index (χ4v) is 3.87. The number of halogens is 7. The summed E-state index contributed by atoms with van der Waals surface area (Å²) < 4.78 is 120. The van der Waals surface area contributed by atoms with E-state index in [2.05, 4.69) is 0 Å². The summed E-state index contributed by atoms with van der Waals surface area (Å²) in [4.78, 5) is 13.6. The van der Waals surface area contributed by atoms with E-state index in [0.29, 0.717) is 19.1 Å². The minimum absolute atomic E-state index is 0.00229. The van der Waals surface area contributed by atoms with Crippen LogP contribution < -0.4 is 4.74 Å². The van der Waals surface area contributed by atoms with Crippen LogP contribution in [0.4, 0.5) is 30.7 Å². The third-order valence-corrected chi connectivity index (χ3v) is 6.09. The molecule has 0 fully saturated rings. The van der Waals surface area contributed by atoms with Crippen LogP contribution in [0.15, 0.2) is 35.2 Å². The van der Waals surface area contributed by atoms with E-state index in [4.69, 9.17) is 4.74 Å². The van der Waals surface area contributed by atoms with E-state index in [1.165, 1.54) is 0 Å². The number of carbonyl (C=O) groups is 1. The van der Waals surface area contributed by atoms with E-state index in [1.54, 1.807) is 0 Å². The van der Waals surface area contributed by atoms with Crippen molar-refractivity contribution in [2.45, 2.75) is 43.4 Å². The van der Waals surface area contributed by atoms with Crippen molar-refractivity contribution >= 4 is 15.7 Å². The van der Waals surface area contributed by atoms with Crippen molar-refractivity contribution in [1.82, 2.24) is 4.90 Å². The van der Waals surface area contributed by atoms with Gasteiger partial charge >= 0.3 is 12.4 Å². The minimum atomic E-state index is -4.96. The Balaban J connectivity index is 1.99. The SMILES string of the molecule is CC(Oc1ccc(S(C)(=O)=O)cc1C(=O)N1Cc2cc(F)c(C(F)(F)F)cc2C1)C(F)(F)F. The largest absolute Gasteiger partial charge is 0.480 e. The van der Waals surface area contributed by atoms with E-state index in [1.807, 2.05) is 0 Å². The molecule has 0 spiro atoms. The molecule has 2 aromatic carbocycles. The molecule has 0 aliphatic carbocycles. The van der Waals surface area contributed by atoms with E-state index in [9.17, 15) is 43.9 Å². The fraction of sp³-hybridized carbons (Fsp3) is 0.350. The number of amides is 1. The van der Waals surface area contributed by atoms with Crippen LogP contribution in [0.2, 0.25) is 0 Å². The molecule has 180 valence electrons. The monoisotopic (exact) mass is 499 g/mol. The number of carbonyl (C=O) groups excluding carboxylic acids is 1. The van der Waals surface area contributed by atoms with Gasteiger partial charge in [0.25, 0.3) is 5.91 Å². The lowest BCUT2D eigenvalue weighted by Crippen LogP contribution is -2.32. The van der Waals surface area contributed by atoms with Gasteiger partial charge in [0.1, 0.15) is 11.6 Å². The Bertz CT molecular complexity index is 1210. The van der Waals surface area contributed by atoms with Crippen LogP contribution in [0.3, 0.4) is 0 Å². The van der Waals surface area contributed by atoms with Gasteiger partial charge in [-0.05, 0) is 48.4 Å². The van der Waals surface area contributed by atoms with Gasteiger partial charge in [-0.1, -0.05) is 0 Å². The van der Waals surface area contributed by atoms with Gasteiger partial charge in [0.05, 0.1) is 16.0 Å². The molecule has 1 aliphatic rings. The van der Waals surface area contributed by atoms with Gasteiger partial charge in [0, 0.05) is 19.3 Å². The highest BCUT2D eigenvalue weighted by atomic mass is 32.2. The summed E-state index contributed by atoms with van der Waals surface area (Å²) in [6, 6.07) is 3.90. The fourth-order valence-electron chi connectivity index (χ4n) is 3.22. The number of nitrogens with zero attached hydrogens (tertiary/aromatic N) is 1. The topological polar surface area (TPSA) is 63.7 Å². The molecule has 2 aromatic rings. The predicted octanol–water partition coefficient (Wildman–Crippen LogP) is 4.73. The van der Waals surface area contributed by atoms with Gasteiger partial charge in [-0.15, -0.1) is 0 Å². The number of hydrogen-bond acceptors (Lipinski definition) is 4. The van der Waals surface area contributed by atoms with Gasteiger partial charge in [-0.3, -0.25) is 4.79 Å². The van der Waals surface area contributed by atoms with Crippen LogP contribution in [0.25, 0.3) is 0 Å². The summed E-state index contributed by atoms with van der Waals surface area (Å²) >= 11 is 0. The molecule has 1 unspecified atom stereocenters. The minimum Gasteiger partial charge on any atom is -0.480 e. The first-order valence-electron chi connectivity index (χ1n) is 9.23. The van der Waals surface area contributed by atoms with Gasteiger partial charge in [0.15, 0.2) is 15.9 Å². The van der Waals surface area contributed by atoms with Crippen LogP contribution in [-0.4, -0.2) is 37.8 Å². The highest BCUT2D eigenvalue weighted by Crippen LogP contribution is 2.37. The predicted molar refractivity (Wildman–Crippen MR) is 101 cm³/mol. The first-order chi connectivity index (χ1) is 15.0. The van der Waals surface area contributed by atoms with Crippen molar-refractivity contribution < 1.29 is 48.7 Å². The Hall–Kier alpha value is -2.83. The maximum atomic E-state index is 13.9. The third-order valence-electron chi connectivity index (χ3n) is 4.98. The van der Waals surface area contributed by atoms with Crippen molar-refractivity contribution in [1.29, 1.82) is 0 Å². The zero-order chi connectivity index (χ0) is 24.9. The van der Waals surface area contributed by atoms with Crippen LogP contribution in [0.1, 0.15) is 34.0 Å². The molecule has 3 rings (SSSR count). The zero-order valence-electron chi connectivity index (χ0n) is 17.0. The maximum absolute atomic E-state index is 13.9. The highest BCUT2D eigenvalue weighted by molar-refractivity contribution is 7.90. The van der Waals surface area contributed by atoms with E-state index < -0.39 is 63.4 Å². The van der Waals surface area contributed by atoms with Gasteiger partial charge in [-0.25, -0.2) is 12.8 Å². The Labute approximate surface area is 183 Å². The van der Waals surface area contributed by atoms with Crippen molar-refractivity contribution in [3.8, 4) is 5.75 Å². The van der Waals surface area contributed by atoms with Crippen molar-refractivity contribution in [3.05, 3.63) is 58.4 Å². The molecule has 5 nitrogen and oxygen atoms in total. The molecule has 13 heteroatoms. The number of rotatable bonds is 4. The smallest absolute Gasteiger partial charge is 0.425 e. The second-order valence-corrected chi connectivity index (χ2v) is 9.51. The Morgan fingerprint density at radius 1 is 1.03 bits per heavy atom. The van der Waals surface area contributed by atoms with Crippen molar-refractivity contribution in [2.24, 2.45) is 0 Å². The lowest BCUT2D eigenvalue weighted by Gasteiger charge is -2.22. The molecule has 0 bridgehead atoms. The normalized spacial score (nSPS) is 15.4. The lowest BCUT2D eigenvalue weighted by atomic mass is 10.1. The summed E-state index contributed by atoms with van der Waals surface area (Å²) in [5.41, 5.74) is -1.96. The van der Waals surface area contributed by atoms with Crippen LogP contribution in [0.5, 0.6) is 5.75 Å². The number of benzene rings is 2. The highest BCUT2D eigenvalue weighted by Gasteiger charge is 2.40. The summed E-state index contributed by atoms with van der Waals surface area (Å²) in [5.74, 6) is -3.08. The number of fused-ring (bicyclic) bond motifs is 1. The van der Waals surface area contributed by atoms with E-state index in [-0.39, 0.29) is 22.6 Å². The average molecular weight is 499 g/mol. The number of ether oxygens (including phenoxy) is 1. The first kappa shape index (κ1) is 24.8. The molecular formula is C20H16F7NO4S. The molecule has 1 heterocycles. The molecule has 1 atom stereocenters. The Morgan fingerprint density at radius 3 is 2.12 bits per heavy atom. The van der Waals surface area contributed by atoms with Crippen LogP contribution in [-0.2, 0) is 29.1 Å². The molecule has 0 radical (unpaired) electrons.